The van der Waals surface area contributed by atoms with Gasteiger partial charge in [0.1, 0.15) is 12.7 Å². The summed E-state index contributed by atoms with van der Waals surface area (Å²) < 4.78 is 11.8. The van der Waals surface area contributed by atoms with E-state index >= 15 is 0 Å². The molecule has 0 fully saturated rings. The smallest absolute Gasteiger partial charge is 0.373 e. The van der Waals surface area contributed by atoms with Gasteiger partial charge in [-0.1, -0.05) is 87.9 Å². The van der Waals surface area contributed by atoms with Gasteiger partial charge in [0.2, 0.25) is 5.76 Å². The number of rotatable bonds is 12. The van der Waals surface area contributed by atoms with Crippen LogP contribution in [0.1, 0.15) is 57.6 Å². The molecule has 2 aromatic rings. The standard InChI is InChI=1S/C26H34O4/c1-4-13-22(23(27)5-2)24(6-3)30-26(28)25(18-20-14-9-7-10-15-20)29-19-21-16-11-8-12-17-21/h7-12,14-18,22-24,27H,4-6,13,19H2,1-3H3/t22?,23-,24+/m1/s1. The maximum Gasteiger partial charge on any atom is 0.373 e. The molecule has 3 atom stereocenters. The predicted molar refractivity (Wildman–Crippen MR) is 121 cm³/mol. The van der Waals surface area contributed by atoms with Crippen LogP contribution in [0.5, 0.6) is 0 Å². The summed E-state index contributed by atoms with van der Waals surface area (Å²) in [5.41, 5.74) is 1.84. The van der Waals surface area contributed by atoms with E-state index in [1.165, 1.54) is 0 Å². The van der Waals surface area contributed by atoms with Crippen LogP contribution in [0, 0.1) is 5.92 Å². The number of carbonyl (C=O) groups is 1. The molecular formula is C26H34O4. The Labute approximate surface area is 180 Å². The molecule has 30 heavy (non-hydrogen) atoms. The van der Waals surface area contributed by atoms with Crippen LogP contribution in [0.3, 0.4) is 0 Å². The van der Waals surface area contributed by atoms with Crippen molar-refractivity contribution in [2.45, 2.75) is 65.3 Å². The van der Waals surface area contributed by atoms with Crippen LogP contribution in [0.15, 0.2) is 66.4 Å². The van der Waals surface area contributed by atoms with Crippen molar-refractivity contribution in [1.82, 2.24) is 0 Å². The average Bonchev–Trinajstić information content (AvgIpc) is 2.79. The van der Waals surface area contributed by atoms with Gasteiger partial charge in [0.15, 0.2) is 0 Å². The Balaban J connectivity index is 2.20. The maximum atomic E-state index is 13.1. The Morgan fingerprint density at radius 1 is 0.967 bits per heavy atom. The second-order valence-electron chi connectivity index (χ2n) is 7.47. The molecule has 0 aromatic heterocycles. The number of hydrogen-bond donors (Lipinski definition) is 1. The summed E-state index contributed by atoms with van der Waals surface area (Å²) in [5, 5.41) is 10.5. The van der Waals surface area contributed by atoms with E-state index < -0.39 is 12.1 Å². The number of esters is 1. The number of benzene rings is 2. The highest BCUT2D eigenvalue weighted by Gasteiger charge is 2.30. The van der Waals surface area contributed by atoms with E-state index in [0.717, 1.165) is 24.0 Å². The van der Waals surface area contributed by atoms with E-state index in [4.69, 9.17) is 9.47 Å². The fourth-order valence-corrected chi connectivity index (χ4v) is 3.53. The Kier molecular flexibility index (Phi) is 10.2. The molecule has 4 nitrogen and oxygen atoms in total. The van der Waals surface area contributed by atoms with Crippen molar-refractivity contribution in [2.75, 3.05) is 0 Å². The molecule has 2 aromatic carbocycles. The molecular weight excluding hydrogens is 376 g/mol. The van der Waals surface area contributed by atoms with Gasteiger partial charge >= 0.3 is 5.97 Å². The van der Waals surface area contributed by atoms with Crippen molar-refractivity contribution in [2.24, 2.45) is 5.92 Å². The first-order chi connectivity index (χ1) is 14.6. The summed E-state index contributed by atoms with van der Waals surface area (Å²) in [4.78, 5) is 13.1. The van der Waals surface area contributed by atoms with Crippen LogP contribution in [-0.2, 0) is 20.9 Å². The quantitative estimate of drug-likeness (QED) is 0.275. The van der Waals surface area contributed by atoms with Gasteiger partial charge in [-0.15, -0.1) is 0 Å². The summed E-state index contributed by atoms with van der Waals surface area (Å²) in [6.45, 7) is 6.29. The highest BCUT2D eigenvalue weighted by atomic mass is 16.6. The molecule has 0 aliphatic rings. The summed E-state index contributed by atoms with van der Waals surface area (Å²) in [6, 6.07) is 19.3. The highest BCUT2D eigenvalue weighted by molar-refractivity contribution is 5.91. The summed E-state index contributed by atoms with van der Waals surface area (Å²) in [6.07, 6.45) is 3.88. The molecule has 4 heteroatoms. The highest BCUT2D eigenvalue weighted by Crippen LogP contribution is 2.25. The molecule has 162 valence electrons. The summed E-state index contributed by atoms with van der Waals surface area (Å²) in [5.74, 6) is -0.406. The zero-order valence-electron chi connectivity index (χ0n) is 18.3. The second kappa shape index (κ2) is 12.9. The number of carbonyl (C=O) groups excluding carboxylic acids is 1. The molecule has 0 saturated heterocycles. The lowest BCUT2D eigenvalue weighted by Gasteiger charge is -2.29. The van der Waals surface area contributed by atoms with Crippen LogP contribution in [0.4, 0.5) is 0 Å². The summed E-state index contributed by atoms with van der Waals surface area (Å²) >= 11 is 0. The largest absolute Gasteiger partial charge is 0.482 e. The van der Waals surface area contributed by atoms with Gasteiger partial charge in [-0.25, -0.2) is 4.79 Å². The zero-order valence-corrected chi connectivity index (χ0v) is 18.3. The topological polar surface area (TPSA) is 55.8 Å². The van der Waals surface area contributed by atoms with Crippen molar-refractivity contribution in [3.05, 3.63) is 77.5 Å². The van der Waals surface area contributed by atoms with Gasteiger partial charge < -0.3 is 14.6 Å². The lowest BCUT2D eigenvalue weighted by atomic mass is 9.88. The third-order valence-corrected chi connectivity index (χ3v) is 5.21. The molecule has 1 N–H and O–H groups in total. The average molecular weight is 411 g/mol. The van der Waals surface area contributed by atoms with Gasteiger partial charge in [-0.05, 0) is 36.5 Å². The van der Waals surface area contributed by atoms with Gasteiger partial charge in [-0.3, -0.25) is 0 Å². The van der Waals surface area contributed by atoms with Crippen LogP contribution in [0.25, 0.3) is 6.08 Å². The van der Waals surface area contributed by atoms with E-state index in [9.17, 15) is 9.90 Å². The first kappa shape index (κ1) is 23.7. The Morgan fingerprint density at radius 3 is 2.17 bits per heavy atom. The SMILES string of the molecule is CCCC([C@H](O)CC)[C@H](CC)OC(=O)C(=Cc1ccccc1)OCc1ccccc1. The maximum absolute atomic E-state index is 13.1. The van der Waals surface area contributed by atoms with E-state index in [1.807, 2.05) is 74.5 Å². The fraction of sp³-hybridized carbons (Fsp3) is 0.423. The van der Waals surface area contributed by atoms with Gasteiger partial charge in [0, 0.05) is 5.92 Å². The van der Waals surface area contributed by atoms with Crippen LogP contribution in [-0.4, -0.2) is 23.3 Å². The Bertz CT molecular complexity index is 770. The van der Waals surface area contributed by atoms with Gasteiger partial charge in [0.25, 0.3) is 0 Å². The molecule has 1 unspecified atom stereocenters. The van der Waals surface area contributed by atoms with Crippen molar-refractivity contribution < 1.29 is 19.4 Å². The third-order valence-electron chi connectivity index (χ3n) is 5.21. The lowest BCUT2D eigenvalue weighted by molar-refractivity contribution is -0.154. The van der Waals surface area contributed by atoms with Crippen molar-refractivity contribution in [1.29, 1.82) is 0 Å². The monoisotopic (exact) mass is 410 g/mol. The van der Waals surface area contributed by atoms with Crippen LogP contribution in [0.2, 0.25) is 0 Å². The predicted octanol–water partition coefficient (Wildman–Crippen LogP) is 5.75. The van der Waals surface area contributed by atoms with Crippen molar-refractivity contribution >= 4 is 12.0 Å². The molecule has 0 heterocycles. The molecule has 0 aliphatic carbocycles. The molecule has 0 bridgehead atoms. The number of aliphatic hydroxyl groups is 1. The molecule has 2 rings (SSSR count). The molecule has 0 saturated carbocycles. The Morgan fingerprint density at radius 2 is 1.60 bits per heavy atom. The van der Waals surface area contributed by atoms with Crippen LogP contribution >= 0.6 is 0 Å². The minimum absolute atomic E-state index is 0.0824. The van der Waals surface area contributed by atoms with E-state index in [0.29, 0.717) is 12.8 Å². The van der Waals surface area contributed by atoms with Gasteiger partial charge in [0.05, 0.1) is 6.10 Å². The fourth-order valence-electron chi connectivity index (χ4n) is 3.53. The third kappa shape index (κ3) is 7.34. The Hall–Kier alpha value is -2.59. The minimum Gasteiger partial charge on any atom is -0.482 e. The molecule has 0 radical (unpaired) electrons. The number of aliphatic hydroxyl groups excluding tert-OH is 1. The van der Waals surface area contributed by atoms with Crippen molar-refractivity contribution in [3.63, 3.8) is 0 Å². The molecule has 0 aliphatic heterocycles. The lowest BCUT2D eigenvalue weighted by Crippen LogP contribution is -2.35. The second-order valence-corrected chi connectivity index (χ2v) is 7.47. The van der Waals surface area contributed by atoms with Gasteiger partial charge in [-0.2, -0.15) is 0 Å². The zero-order chi connectivity index (χ0) is 21.8. The van der Waals surface area contributed by atoms with Crippen molar-refractivity contribution in [3.8, 4) is 0 Å². The normalized spacial score (nSPS) is 14.6. The van der Waals surface area contributed by atoms with E-state index in [2.05, 4.69) is 6.92 Å². The molecule has 0 amide bonds. The molecule has 0 spiro atoms. The number of ether oxygens (including phenoxy) is 2. The minimum atomic E-state index is -0.494. The summed E-state index contributed by atoms with van der Waals surface area (Å²) in [7, 11) is 0. The number of hydrogen-bond acceptors (Lipinski definition) is 4. The van der Waals surface area contributed by atoms with Crippen LogP contribution < -0.4 is 0 Å². The first-order valence-electron chi connectivity index (χ1n) is 10.9. The van der Waals surface area contributed by atoms with E-state index in [-0.39, 0.29) is 24.4 Å². The first-order valence-corrected chi connectivity index (χ1v) is 10.9. The van der Waals surface area contributed by atoms with E-state index in [1.54, 1.807) is 6.08 Å².